The van der Waals surface area contributed by atoms with Crippen LogP contribution in [0.4, 0.5) is 5.69 Å². The van der Waals surface area contributed by atoms with Gasteiger partial charge in [-0.1, -0.05) is 0 Å². The fourth-order valence-corrected chi connectivity index (χ4v) is 3.58. The minimum Gasteiger partial charge on any atom is -0.481 e. The molecule has 2 fully saturated rings. The molecule has 0 saturated carbocycles. The van der Waals surface area contributed by atoms with Gasteiger partial charge in [-0.05, 0) is 31.4 Å². The van der Waals surface area contributed by atoms with Crippen LogP contribution < -0.4 is 4.90 Å². The normalized spacial score (nSPS) is 27.0. The lowest BCUT2D eigenvalue weighted by Gasteiger charge is -2.25. The molecule has 2 saturated heterocycles. The highest BCUT2D eigenvalue weighted by atomic mass is 16.4. The van der Waals surface area contributed by atoms with Crippen LogP contribution in [0.25, 0.3) is 0 Å². The summed E-state index contributed by atoms with van der Waals surface area (Å²) >= 11 is 0. The third kappa shape index (κ3) is 2.24. The lowest BCUT2D eigenvalue weighted by Crippen LogP contribution is -2.33. The molecule has 3 rings (SSSR count). The molecule has 21 heavy (non-hydrogen) atoms. The summed E-state index contributed by atoms with van der Waals surface area (Å²) in [5.74, 6) is -1.16. The van der Waals surface area contributed by atoms with E-state index >= 15 is 0 Å². The number of carboxylic acid groups (broad SMARTS) is 1. The van der Waals surface area contributed by atoms with E-state index in [1.165, 1.54) is 4.90 Å². The van der Waals surface area contributed by atoms with Gasteiger partial charge in [-0.25, -0.2) is 0 Å². The van der Waals surface area contributed by atoms with E-state index in [1.807, 2.05) is 6.07 Å². The Morgan fingerprint density at radius 1 is 1.38 bits per heavy atom. The Morgan fingerprint density at radius 2 is 2.14 bits per heavy atom. The first kappa shape index (κ1) is 13.9. The van der Waals surface area contributed by atoms with Gasteiger partial charge in [0.15, 0.2) is 0 Å². The fourth-order valence-electron chi connectivity index (χ4n) is 3.58. The van der Waals surface area contributed by atoms with Gasteiger partial charge in [-0.3, -0.25) is 14.6 Å². The maximum Gasteiger partial charge on any atom is 0.308 e. The van der Waals surface area contributed by atoms with Gasteiger partial charge in [0.05, 0.1) is 5.92 Å². The van der Waals surface area contributed by atoms with Gasteiger partial charge in [0, 0.05) is 38.1 Å². The maximum atomic E-state index is 12.0. The van der Waals surface area contributed by atoms with Crippen molar-refractivity contribution in [3.8, 4) is 0 Å². The molecule has 1 N–H and O–H groups in total. The Bertz CT molecular complexity index is 587. The zero-order valence-electron chi connectivity index (χ0n) is 12.2. The molecule has 6 nitrogen and oxygen atoms in total. The van der Waals surface area contributed by atoms with Crippen LogP contribution in [-0.2, 0) is 4.79 Å². The summed E-state index contributed by atoms with van der Waals surface area (Å²) < 4.78 is 0. The van der Waals surface area contributed by atoms with Crippen LogP contribution in [0.1, 0.15) is 29.8 Å². The number of pyridine rings is 1. The average molecular weight is 289 g/mol. The second-order valence-electron chi connectivity index (χ2n) is 5.99. The van der Waals surface area contributed by atoms with Crippen molar-refractivity contribution in [1.29, 1.82) is 0 Å². The number of aliphatic carboxylic acids is 1. The molecule has 3 heterocycles. The first-order valence-electron chi connectivity index (χ1n) is 7.18. The third-order valence-corrected chi connectivity index (χ3v) is 4.52. The highest BCUT2D eigenvalue weighted by molar-refractivity contribution is 5.92. The number of aromatic nitrogens is 1. The van der Waals surface area contributed by atoms with Crippen molar-refractivity contribution in [2.45, 2.75) is 31.3 Å². The first-order valence-corrected chi connectivity index (χ1v) is 7.18. The van der Waals surface area contributed by atoms with Crippen molar-refractivity contribution in [1.82, 2.24) is 9.88 Å². The number of carbonyl (C=O) groups is 2. The number of hydrogen-bond acceptors (Lipinski definition) is 4. The van der Waals surface area contributed by atoms with Crippen molar-refractivity contribution < 1.29 is 14.7 Å². The van der Waals surface area contributed by atoms with Crippen LogP contribution in [0.3, 0.4) is 0 Å². The minimum atomic E-state index is -0.717. The van der Waals surface area contributed by atoms with Crippen LogP contribution in [0.2, 0.25) is 0 Å². The SMILES string of the molecule is CN(C)C(=O)c1cc(N2C3CCC2C(C(=O)O)C3)ccn1. The second kappa shape index (κ2) is 5.02. The van der Waals surface area contributed by atoms with E-state index in [-0.39, 0.29) is 23.9 Å². The zero-order valence-corrected chi connectivity index (χ0v) is 12.2. The number of fused-ring (bicyclic) bond motifs is 2. The largest absolute Gasteiger partial charge is 0.481 e. The molecule has 0 aliphatic carbocycles. The highest BCUT2D eigenvalue weighted by Crippen LogP contribution is 2.44. The van der Waals surface area contributed by atoms with E-state index in [4.69, 9.17) is 0 Å². The van der Waals surface area contributed by atoms with E-state index in [1.54, 1.807) is 26.4 Å². The molecule has 0 spiro atoms. The molecule has 6 heteroatoms. The predicted molar refractivity (Wildman–Crippen MR) is 77.3 cm³/mol. The van der Waals surface area contributed by atoms with E-state index < -0.39 is 5.97 Å². The molecule has 2 aliphatic heterocycles. The molecule has 3 atom stereocenters. The molecule has 2 bridgehead atoms. The number of amides is 1. The summed E-state index contributed by atoms with van der Waals surface area (Å²) in [6.45, 7) is 0. The average Bonchev–Trinajstić information content (AvgIpc) is 3.04. The molecular formula is C15H19N3O3. The van der Waals surface area contributed by atoms with Crippen molar-refractivity contribution in [2.75, 3.05) is 19.0 Å². The molecule has 0 radical (unpaired) electrons. The molecule has 1 aromatic rings. The Balaban J connectivity index is 1.90. The Hall–Kier alpha value is -2.11. The summed E-state index contributed by atoms with van der Waals surface area (Å²) in [6, 6.07) is 3.94. The smallest absolute Gasteiger partial charge is 0.308 e. The van der Waals surface area contributed by atoms with Crippen molar-refractivity contribution in [2.24, 2.45) is 5.92 Å². The topological polar surface area (TPSA) is 73.7 Å². The molecule has 1 amide bonds. The molecule has 1 aromatic heterocycles. The van der Waals surface area contributed by atoms with E-state index in [2.05, 4.69) is 9.88 Å². The maximum absolute atomic E-state index is 12.0. The van der Waals surface area contributed by atoms with Crippen molar-refractivity contribution in [3.63, 3.8) is 0 Å². The molecule has 3 unspecified atom stereocenters. The highest BCUT2D eigenvalue weighted by Gasteiger charge is 2.49. The fraction of sp³-hybridized carbons (Fsp3) is 0.533. The molecule has 112 valence electrons. The van der Waals surface area contributed by atoms with Gasteiger partial charge in [-0.2, -0.15) is 0 Å². The summed E-state index contributed by atoms with van der Waals surface area (Å²) in [4.78, 5) is 31.1. The predicted octanol–water partition coefficient (Wildman–Crippen LogP) is 1.23. The van der Waals surface area contributed by atoms with Crippen LogP contribution in [0.15, 0.2) is 18.3 Å². The van der Waals surface area contributed by atoms with Gasteiger partial charge in [0.25, 0.3) is 5.91 Å². The van der Waals surface area contributed by atoms with Gasteiger partial charge < -0.3 is 14.9 Å². The van der Waals surface area contributed by atoms with Crippen LogP contribution in [0, 0.1) is 5.92 Å². The zero-order chi connectivity index (χ0) is 15.1. The second-order valence-corrected chi connectivity index (χ2v) is 5.99. The summed E-state index contributed by atoms with van der Waals surface area (Å²) in [5.41, 5.74) is 1.31. The molecular weight excluding hydrogens is 270 g/mol. The van der Waals surface area contributed by atoms with Crippen LogP contribution >= 0.6 is 0 Å². The number of carboxylic acids is 1. The Kier molecular flexibility index (Phi) is 3.31. The number of rotatable bonds is 3. The van der Waals surface area contributed by atoms with E-state index in [0.717, 1.165) is 18.5 Å². The number of carbonyl (C=O) groups excluding carboxylic acids is 1. The summed E-state index contributed by atoms with van der Waals surface area (Å²) in [7, 11) is 3.38. The van der Waals surface area contributed by atoms with Crippen molar-refractivity contribution in [3.05, 3.63) is 24.0 Å². The Morgan fingerprint density at radius 3 is 2.76 bits per heavy atom. The molecule has 0 aromatic carbocycles. The Labute approximate surface area is 123 Å². The molecule has 2 aliphatic rings. The van der Waals surface area contributed by atoms with E-state index in [9.17, 15) is 14.7 Å². The number of hydrogen-bond donors (Lipinski definition) is 1. The van der Waals surface area contributed by atoms with Crippen molar-refractivity contribution >= 4 is 17.6 Å². The lowest BCUT2D eigenvalue weighted by atomic mass is 9.89. The quantitative estimate of drug-likeness (QED) is 0.906. The summed E-state index contributed by atoms with van der Waals surface area (Å²) in [5, 5.41) is 9.32. The first-order chi connectivity index (χ1) is 9.99. The summed E-state index contributed by atoms with van der Waals surface area (Å²) in [6.07, 6.45) is 4.24. The lowest BCUT2D eigenvalue weighted by molar-refractivity contribution is -0.142. The van der Waals surface area contributed by atoms with Gasteiger partial charge in [0.1, 0.15) is 5.69 Å². The van der Waals surface area contributed by atoms with Crippen LogP contribution in [0.5, 0.6) is 0 Å². The number of anilines is 1. The minimum absolute atomic E-state index is 0.0391. The monoisotopic (exact) mass is 289 g/mol. The number of nitrogens with zero attached hydrogens (tertiary/aromatic N) is 3. The van der Waals surface area contributed by atoms with Gasteiger partial charge in [-0.15, -0.1) is 0 Å². The van der Waals surface area contributed by atoms with Gasteiger partial charge in [0.2, 0.25) is 0 Å². The van der Waals surface area contributed by atoms with Crippen LogP contribution in [-0.4, -0.2) is 53.0 Å². The standard InChI is InChI=1S/C15H19N3O3/c1-17(2)14(19)12-8-10(5-6-16-12)18-9-3-4-13(18)11(7-9)15(20)21/h5-6,8-9,11,13H,3-4,7H2,1-2H3,(H,20,21). The van der Waals surface area contributed by atoms with Gasteiger partial charge >= 0.3 is 5.97 Å². The third-order valence-electron chi connectivity index (χ3n) is 4.52. The van der Waals surface area contributed by atoms with E-state index in [0.29, 0.717) is 12.1 Å².